The molecule has 0 radical (unpaired) electrons. The summed E-state index contributed by atoms with van der Waals surface area (Å²) < 4.78 is 11.7. The Bertz CT molecular complexity index is 1050. The van der Waals surface area contributed by atoms with Gasteiger partial charge < -0.3 is 9.47 Å². The van der Waals surface area contributed by atoms with Crippen molar-refractivity contribution < 1.29 is 19.1 Å². The smallest absolute Gasteiger partial charge is 0.336 e. The number of nitrogens with zero attached hydrogens (tertiary/aromatic N) is 1. The Kier molecular flexibility index (Phi) is 6.84. The molecule has 2 aromatic rings. The Labute approximate surface area is 189 Å². The van der Waals surface area contributed by atoms with E-state index in [-0.39, 0.29) is 12.4 Å². The molecule has 1 fully saturated rings. The molecule has 1 unspecified atom stereocenters. The maximum atomic E-state index is 13.4. The van der Waals surface area contributed by atoms with Crippen LogP contribution in [0.25, 0.3) is 0 Å². The number of Topliss-reactive ketones (excluding diaryl/α,β-unsaturated/α-hetero) is 1. The maximum absolute atomic E-state index is 13.4. The lowest BCUT2D eigenvalue weighted by Crippen LogP contribution is -2.39. The fourth-order valence-corrected chi connectivity index (χ4v) is 4.60. The van der Waals surface area contributed by atoms with Crippen molar-refractivity contribution in [3.05, 3.63) is 77.0 Å². The predicted molar refractivity (Wildman–Crippen MR) is 124 cm³/mol. The van der Waals surface area contributed by atoms with Crippen LogP contribution in [0.2, 0.25) is 0 Å². The molecule has 5 heteroatoms. The minimum absolute atomic E-state index is 0.131. The Balaban J connectivity index is 1.74. The summed E-state index contributed by atoms with van der Waals surface area (Å²) in [7, 11) is 0. The van der Waals surface area contributed by atoms with Gasteiger partial charge in [0.15, 0.2) is 0 Å². The molecule has 2 aromatic carbocycles. The first kappa shape index (κ1) is 22.0. The molecule has 4 rings (SSSR count). The topological polar surface area (TPSA) is 65.0 Å². The van der Waals surface area contributed by atoms with E-state index in [9.17, 15) is 9.59 Å². The van der Waals surface area contributed by atoms with Crippen molar-refractivity contribution in [2.24, 2.45) is 10.9 Å². The number of allylic oxidation sites excluding steroid dienone is 1. The number of esters is 1. The quantitative estimate of drug-likeness (QED) is 0.551. The Morgan fingerprint density at radius 3 is 2.56 bits per heavy atom. The van der Waals surface area contributed by atoms with E-state index < -0.39 is 17.8 Å². The van der Waals surface area contributed by atoms with Crippen LogP contribution in [0.15, 0.2) is 70.9 Å². The third-order valence-electron chi connectivity index (χ3n) is 6.06. The van der Waals surface area contributed by atoms with Crippen LogP contribution in [0.3, 0.4) is 0 Å². The maximum Gasteiger partial charge on any atom is 0.336 e. The van der Waals surface area contributed by atoms with Crippen molar-refractivity contribution in [2.75, 3.05) is 6.61 Å². The first-order valence-electron chi connectivity index (χ1n) is 11.3. The molecule has 1 aliphatic heterocycles. The summed E-state index contributed by atoms with van der Waals surface area (Å²) in [5.41, 5.74) is 3.71. The summed E-state index contributed by atoms with van der Waals surface area (Å²) in [6, 6.07) is 17.3. The zero-order valence-corrected chi connectivity index (χ0v) is 18.7. The van der Waals surface area contributed by atoms with E-state index in [0.29, 0.717) is 30.0 Å². The molecule has 0 saturated heterocycles. The molecule has 1 aliphatic carbocycles. The SMILES string of the molecule is CCCOc1ccccc1[C@H]1C(C(=O)OCc2ccccc2)=C(C)N=C2CCCC(=O)C21. The van der Waals surface area contributed by atoms with Crippen LogP contribution in [0.4, 0.5) is 0 Å². The fourth-order valence-electron chi connectivity index (χ4n) is 4.60. The van der Waals surface area contributed by atoms with Gasteiger partial charge in [0, 0.05) is 29.3 Å². The molecule has 0 aromatic heterocycles. The average Bonchev–Trinajstić information content (AvgIpc) is 2.81. The van der Waals surface area contributed by atoms with Crippen molar-refractivity contribution in [3.8, 4) is 5.75 Å². The normalized spacial score (nSPS) is 20.4. The summed E-state index contributed by atoms with van der Waals surface area (Å²) in [6.07, 6.45) is 2.95. The van der Waals surface area contributed by atoms with E-state index in [4.69, 9.17) is 14.5 Å². The molecule has 0 N–H and O–H groups in total. The molecule has 2 atom stereocenters. The van der Waals surface area contributed by atoms with Crippen LogP contribution < -0.4 is 4.74 Å². The zero-order chi connectivity index (χ0) is 22.5. The minimum atomic E-state index is -0.452. The third-order valence-corrected chi connectivity index (χ3v) is 6.06. The lowest BCUT2D eigenvalue weighted by Gasteiger charge is -2.36. The molecule has 2 aliphatic rings. The van der Waals surface area contributed by atoms with Crippen LogP contribution >= 0.6 is 0 Å². The van der Waals surface area contributed by atoms with E-state index in [1.54, 1.807) is 0 Å². The van der Waals surface area contributed by atoms with Gasteiger partial charge in [-0.25, -0.2) is 4.79 Å². The van der Waals surface area contributed by atoms with Crippen LogP contribution in [0, 0.1) is 5.92 Å². The minimum Gasteiger partial charge on any atom is -0.493 e. The summed E-state index contributed by atoms with van der Waals surface area (Å²) in [6.45, 7) is 4.63. The van der Waals surface area contributed by atoms with Crippen molar-refractivity contribution >= 4 is 17.5 Å². The highest BCUT2D eigenvalue weighted by Crippen LogP contribution is 2.45. The average molecular weight is 432 g/mol. The number of fused-ring (bicyclic) bond motifs is 1. The summed E-state index contributed by atoms with van der Waals surface area (Å²) in [4.78, 5) is 31.2. The second-order valence-corrected chi connectivity index (χ2v) is 8.33. The number of ether oxygens (including phenoxy) is 2. The van der Waals surface area contributed by atoms with Crippen molar-refractivity contribution in [1.82, 2.24) is 0 Å². The van der Waals surface area contributed by atoms with Gasteiger partial charge >= 0.3 is 5.97 Å². The monoisotopic (exact) mass is 431 g/mol. The molecule has 166 valence electrons. The van der Waals surface area contributed by atoms with Gasteiger partial charge in [-0.05, 0) is 37.8 Å². The van der Waals surface area contributed by atoms with Gasteiger partial charge in [-0.1, -0.05) is 55.5 Å². The number of rotatable bonds is 7. The fraction of sp³-hybridized carbons (Fsp3) is 0.370. The standard InChI is InChI=1S/C27H29NO4/c1-3-16-31-23-15-8-7-12-20(23)25-24(27(30)32-17-19-10-5-4-6-11-19)18(2)28-21-13-9-14-22(29)26(21)25/h4-8,10-12,15,25-26H,3,9,13-14,16-17H2,1-2H3/t25-,26?/m0/s1. The molecular formula is C27H29NO4. The summed E-state index contributed by atoms with van der Waals surface area (Å²) >= 11 is 0. The molecular weight excluding hydrogens is 402 g/mol. The van der Waals surface area contributed by atoms with E-state index in [1.165, 1.54) is 0 Å². The van der Waals surface area contributed by atoms with E-state index in [0.717, 1.165) is 36.1 Å². The molecule has 0 bridgehead atoms. The van der Waals surface area contributed by atoms with E-state index in [1.807, 2.05) is 61.5 Å². The first-order valence-corrected chi connectivity index (χ1v) is 11.3. The van der Waals surface area contributed by atoms with Crippen molar-refractivity contribution in [2.45, 2.75) is 52.1 Å². The largest absolute Gasteiger partial charge is 0.493 e. The molecule has 5 nitrogen and oxygen atoms in total. The molecule has 0 spiro atoms. The Morgan fingerprint density at radius 2 is 1.78 bits per heavy atom. The van der Waals surface area contributed by atoms with Crippen molar-refractivity contribution in [3.63, 3.8) is 0 Å². The number of hydrogen-bond donors (Lipinski definition) is 0. The van der Waals surface area contributed by atoms with E-state index in [2.05, 4.69) is 6.92 Å². The lowest BCUT2D eigenvalue weighted by atomic mass is 9.69. The molecule has 0 amide bonds. The zero-order valence-electron chi connectivity index (χ0n) is 18.7. The second-order valence-electron chi connectivity index (χ2n) is 8.33. The van der Waals surface area contributed by atoms with Gasteiger partial charge in [0.25, 0.3) is 0 Å². The second kappa shape index (κ2) is 9.94. The van der Waals surface area contributed by atoms with Gasteiger partial charge in [-0.2, -0.15) is 0 Å². The highest BCUT2D eigenvalue weighted by molar-refractivity contribution is 6.11. The first-order chi connectivity index (χ1) is 15.6. The highest BCUT2D eigenvalue weighted by Gasteiger charge is 2.44. The van der Waals surface area contributed by atoms with Gasteiger partial charge in [0.1, 0.15) is 18.1 Å². The number of para-hydroxylation sites is 1. The highest BCUT2D eigenvalue weighted by atomic mass is 16.5. The summed E-state index contributed by atoms with van der Waals surface area (Å²) in [5.74, 6) is -0.487. The molecule has 1 heterocycles. The number of carbonyl (C=O) groups is 2. The number of hydrogen-bond acceptors (Lipinski definition) is 5. The summed E-state index contributed by atoms with van der Waals surface area (Å²) in [5, 5.41) is 0. The number of carbonyl (C=O) groups excluding carboxylic acids is 2. The number of benzene rings is 2. The number of aliphatic imine (C=N–C) groups is 1. The van der Waals surface area contributed by atoms with Crippen LogP contribution in [-0.2, 0) is 20.9 Å². The van der Waals surface area contributed by atoms with Gasteiger partial charge in [0.05, 0.1) is 18.1 Å². The van der Waals surface area contributed by atoms with Crippen molar-refractivity contribution in [1.29, 1.82) is 0 Å². The van der Waals surface area contributed by atoms with E-state index >= 15 is 0 Å². The van der Waals surface area contributed by atoms with Gasteiger partial charge in [-0.3, -0.25) is 9.79 Å². The third kappa shape index (κ3) is 4.52. The molecule has 1 saturated carbocycles. The lowest BCUT2D eigenvalue weighted by molar-refractivity contribution is -0.140. The van der Waals surface area contributed by atoms with Crippen LogP contribution in [0.5, 0.6) is 5.75 Å². The van der Waals surface area contributed by atoms with Gasteiger partial charge in [-0.15, -0.1) is 0 Å². The molecule has 32 heavy (non-hydrogen) atoms. The van der Waals surface area contributed by atoms with Crippen LogP contribution in [0.1, 0.15) is 56.6 Å². The Morgan fingerprint density at radius 1 is 1.03 bits per heavy atom. The Hall–Kier alpha value is -3.21. The van der Waals surface area contributed by atoms with Gasteiger partial charge in [0.2, 0.25) is 0 Å². The number of ketones is 1. The predicted octanol–water partition coefficient (Wildman–Crippen LogP) is 5.40. The van der Waals surface area contributed by atoms with Crippen LogP contribution in [-0.4, -0.2) is 24.1 Å².